The zero-order valence-electron chi connectivity index (χ0n) is 37.6. The van der Waals surface area contributed by atoms with Crippen LogP contribution in [0.2, 0.25) is 0 Å². The molecule has 0 saturated heterocycles. The van der Waals surface area contributed by atoms with Crippen LogP contribution in [0.4, 0.5) is 0 Å². The number of hydrogen-bond donors (Lipinski definition) is 2. The summed E-state index contributed by atoms with van der Waals surface area (Å²) in [5.74, 6) is 1.76. The van der Waals surface area contributed by atoms with Gasteiger partial charge in [-0.1, -0.05) is 132 Å². The minimum absolute atomic E-state index is 0.0436. The van der Waals surface area contributed by atoms with Gasteiger partial charge in [0.05, 0.1) is 6.61 Å². The topological polar surface area (TPSA) is 49.7 Å². The van der Waals surface area contributed by atoms with Gasteiger partial charge >= 0.3 is 0 Å². The van der Waals surface area contributed by atoms with Crippen LogP contribution in [0, 0.1) is 34.6 Å². The molecule has 0 atom stereocenters. The number of phenolic OH excluding ortho intramolecular Hbond substituents is 2. The van der Waals surface area contributed by atoms with E-state index in [0.29, 0.717) is 11.5 Å². The molecule has 55 heavy (non-hydrogen) atoms. The van der Waals surface area contributed by atoms with Crippen LogP contribution in [-0.2, 0) is 21.7 Å². The smallest absolute Gasteiger partial charge is 0.123 e. The first-order valence-corrected chi connectivity index (χ1v) is 21.7. The van der Waals surface area contributed by atoms with E-state index in [1.807, 2.05) is 37.7 Å². The molecule has 0 aliphatic heterocycles. The van der Waals surface area contributed by atoms with Crippen LogP contribution in [0.15, 0.2) is 68.1 Å². The lowest BCUT2D eigenvalue weighted by Gasteiger charge is -2.26. The molecule has 0 radical (unpaired) electrons. The van der Waals surface area contributed by atoms with Crippen molar-refractivity contribution in [3.63, 3.8) is 0 Å². The number of benzene rings is 4. The van der Waals surface area contributed by atoms with E-state index < -0.39 is 0 Å². The van der Waals surface area contributed by atoms with Crippen LogP contribution in [-0.4, -0.2) is 16.8 Å². The van der Waals surface area contributed by atoms with Crippen molar-refractivity contribution in [3.8, 4) is 17.2 Å². The quantitative estimate of drug-likeness (QED) is 0.166. The van der Waals surface area contributed by atoms with E-state index in [1.54, 1.807) is 11.8 Å². The Morgan fingerprint density at radius 2 is 0.782 bits per heavy atom. The maximum atomic E-state index is 10.3. The second kappa shape index (κ2) is 18.1. The number of ether oxygens (including phenoxy) is 1. The molecule has 3 nitrogen and oxygen atoms in total. The fourth-order valence-electron chi connectivity index (χ4n) is 6.77. The predicted molar refractivity (Wildman–Crippen MR) is 241 cm³/mol. The van der Waals surface area contributed by atoms with Gasteiger partial charge in [0.1, 0.15) is 17.2 Å². The van der Waals surface area contributed by atoms with Gasteiger partial charge in [-0.15, -0.1) is 0 Å². The van der Waals surface area contributed by atoms with Crippen LogP contribution in [0.1, 0.15) is 159 Å². The van der Waals surface area contributed by atoms with E-state index in [-0.39, 0.29) is 21.7 Å². The Balaban J connectivity index is 0.000000300. The van der Waals surface area contributed by atoms with E-state index in [0.717, 1.165) is 50.8 Å². The van der Waals surface area contributed by atoms with Crippen molar-refractivity contribution >= 4 is 23.5 Å². The van der Waals surface area contributed by atoms with Gasteiger partial charge in [-0.2, -0.15) is 0 Å². The summed E-state index contributed by atoms with van der Waals surface area (Å²) in [6.45, 7) is 40.1. The van der Waals surface area contributed by atoms with E-state index >= 15 is 0 Å². The summed E-state index contributed by atoms with van der Waals surface area (Å²) in [4.78, 5) is 4.95. The Hall–Kier alpha value is -3.02. The Morgan fingerprint density at radius 1 is 0.436 bits per heavy atom. The number of unbranched alkanes of at least 4 members (excludes halogenated alkanes) is 2. The van der Waals surface area contributed by atoms with Crippen molar-refractivity contribution in [2.75, 3.05) is 6.61 Å². The summed E-state index contributed by atoms with van der Waals surface area (Å²) in [5, 5.41) is 20.6. The number of phenols is 2. The van der Waals surface area contributed by atoms with E-state index in [2.05, 4.69) is 147 Å². The molecule has 0 unspecified atom stereocenters. The zero-order chi connectivity index (χ0) is 41.8. The predicted octanol–water partition coefficient (Wildman–Crippen LogP) is 15.4. The van der Waals surface area contributed by atoms with Gasteiger partial charge in [0, 0.05) is 36.3 Å². The van der Waals surface area contributed by atoms with Gasteiger partial charge in [0.2, 0.25) is 0 Å². The molecule has 4 aromatic carbocycles. The number of rotatable bonds is 9. The van der Waals surface area contributed by atoms with Crippen LogP contribution < -0.4 is 4.74 Å². The zero-order valence-corrected chi connectivity index (χ0v) is 39.2. The Morgan fingerprint density at radius 3 is 1.16 bits per heavy atom. The van der Waals surface area contributed by atoms with Gasteiger partial charge in [0.25, 0.3) is 0 Å². The van der Waals surface area contributed by atoms with E-state index in [4.69, 9.17) is 4.74 Å². The molecule has 2 N–H and O–H groups in total. The normalized spacial score (nSPS) is 12.4. The Labute approximate surface area is 344 Å². The van der Waals surface area contributed by atoms with Gasteiger partial charge in [-0.3, -0.25) is 0 Å². The fraction of sp³-hybridized carbons (Fsp3) is 0.520. The second-order valence-electron chi connectivity index (χ2n) is 19.6. The van der Waals surface area contributed by atoms with Crippen LogP contribution in [0.25, 0.3) is 0 Å². The third kappa shape index (κ3) is 12.5. The van der Waals surface area contributed by atoms with E-state index in [9.17, 15) is 10.2 Å². The molecule has 0 aliphatic carbocycles. The summed E-state index contributed by atoms with van der Waals surface area (Å²) >= 11 is 3.59. The van der Waals surface area contributed by atoms with Crippen molar-refractivity contribution in [3.05, 3.63) is 98.6 Å². The van der Waals surface area contributed by atoms with Gasteiger partial charge < -0.3 is 14.9 Å². The highest BCUT2D eigenvalue weighted by Crippen LogP contribution is 2.44. The van der Waals surface area contributed by atoms with Gasteiger partial charge in [-0.05, 0) is 139 Å². The van der Waals surface area contributed by atoms with E-state index in [1.165, 1.54) is 50.4 Å². The molecule has 4 rings (SSSR count). The molecule has 0 spiro atoms. The molecule has 0 heterocycles. The molecule has 0 bridgehead atoms. The molecular weight excluding hydrogens is 713 g/mol. The van der Waals surface area contributed by atoms with Crippen molar-refractivity contribution in [2.24, 2.45) is 0 Å². The van der Waals surface area contributed by atoms with Gasteiger partial charge in [-0.25, -0.2) is 0 Å². The summed E-state index contributed by atoms with van der Waals surface area (Å²) in [5.41, 5.74) is 10.7. The molecule has 5 heteroatoms. The summed E-state index contributed by atoms with van der Waals surface area (Å²) < 4.78 is 6.25. The monoisotopic (exact) mass is 784 g/mol. The standard InChI is InChI=1S/C28H42OS.C22H30O2S/c1-11-12-13-14-29-24-16-21(4)26(18-23(24)28(8,9)10)30-25-17-22(27(5,6)7)19(2)15-20(25)3;1-13-9-17(23)15(21(3,4)5)11-19(13)25-20-12-16(22(6,7)8)18(24)10-14(20)2/h15-18H,11-14H2,1-10H3;9-12,23-24H,1-8H3. The molecular formula is C50H72O3S2. The SMILES string of the molecule is CCCCCOc1cc(C)c(Sc2cc(C(C)(C)C)c(C)cc2C)cc1C(C)(C)C.Cc1cc(O)c(C(C)(C)C)cc1Sc1cc(C(C)(C)C)c(O)cc1C. The van der Waals surface area contributed by atoms with Crippen LogP contribution >= 0.6 is 23.5 Å². The summed E-state index contributed by atoms with van der Waals surface area (Å²) in [6, 6.07) is 17.3. The third-order valence-electron chi connectivity index (χ3n) is 10.1. The minimum Gasteiger partial charge on any atom is -0.508 e. The Bertz CT molecular complexity index is 1880. The lowest BCUT2D eigenvalue weighted by molar-refractivity contribution is 0.298. The van der Waals surface area contributed by atoms with Gasteiger partial charge in [0.15, 0.2) is 0 Å². The highest BCUT2D eigenvalue weighted by Gasteiger charge is 2.25. The number of aromatic hydroxyl groups is 2. The largest absolute Gasteiger partial charge is 0.508 e. The highest BCUT2D eigenvalue weighted by molar-refractivity contribution is 7.99. The summed E-state index contributed by atoms with van der Waals surface area (Å²) in [6.07, 6.45) is 3.56. The Kier molecular flexibility index (Phi) is 15.2. The number of hydrogen-bond acceptors (Lipinski definition) is 5. The fourth-order valence-corrected chi connectivity index (χ4v) is 8.83. The van der Waals surface area contributed by atoms with Crippen molar-refractivity contribution in [1.82, 2.24) is 0 Å². The molecule has 0 aromatic heterocycles. The molecule has 0 amide bonds. The maximum absolute atomic E-state index is 10.3. The van der Waals surface area contributed by atoms with Crippen LogP contribution in [0.3, 0.4) is 0 Å². The molecule has 0 saturated carbocycles. The minimum atomic E-state index is -0.117. The maximum Gasteiger partial charge on any atom is 0.123 e. The first-order valence-electron chi connectivity index (χ1n) is 20.1. The van der Waals surface area contributed by atoms with Crippen LogP contribution in [0.5, 0.6) is 17.2 Å². The highest BCUT2D eigenvalue weighted by atomic mass is 32.2. The molecule has 302 valence electrons. The van der Waals surface area contributed by atoms with Crippen molar-refractivity contribution in [2.45, 2.75) is 185 Å². The molecule has 0 aliphatic rings. The average Bonchev–Trinajstić information content (AvgIpc) is 3.02. The summed E-state index contributed by atoms with van der Waals surface area (Å²) in [7, 11) is 0. The van der Waals surface area contributed by atoms with Crippen molar-refractivity contribution < 1.29 is 14.9 Å². The average molecular weight is 785 g/mol. The first kappa shape index (κ1) is 46.4. The first-order chi connectivity index (χ1) is 25.1. The lowest BCUT2D eigenvalue weighted by Crippen LogP contribution is -2.15. The molecule has 4 aromatic rings. The lowest BCUT2D eigenvalue weighted by atomic mass is 9.83. The molecule has 0 fully saturated rings. The number of aryl methyl sites for hydroxylation is 5. The van der Waals surface area contributed by atoms with Crippen molar-refractivity contribution in [1.29, 1.82) is 0 Å². The third-order valence-corrected chi connectivity index (χ3v) is 12.7. The second-order valence-corrected chi connectivity index (χ2v) is 21.7.